The standard InChI is InChI=1S/C21H18ClFN2O3/c22-16-7-4-8-17(18(16)23)24-19(26)12-9-10-14-15(11-12)21(28)25(20(14)27)13-5-2-1-3-6-13/h4,7-11,13H,1-3,5-6H2,(H,24,26). The van der Waals surface area contributed by atoms with E-state index in [1.807, 2.05) is 0 Å². The van der Waals surface area contributed by atoms with E-state index in [-0.39, 0.29) is 39.7 Å². The van der Waals surface area contributed by atoms with Crippen LogP contribution in [0.2, 0.25) is 5.02 Å². The van der Waals surface area contributed by atoms with E-state index in [0.717, 1.165) is 32.1 Å². The summed E-state index contributed by atoms with van der Waals surface area (Å²) in [6, 6.07) is 8.56. The quantitative estimate of drug-likeness (QED) is 0.762. The highest BCUT2D eigenvalue weighted by molar-refractivity contribution is 6.31. The Kier molecular flexibility index (Phi) is 4.89. The summed E-state index contributed by atoms with van der Waals surface area (Å²) in [4.78, 5) is 39.4. The first-order valence-electron chi connectivity index (χ1n) is 9.24. The average Bonchev–Trinajstić information content (AvgIpc) is 2.96. The normalized spacial score (nSPS) is 17.0. The van der Waals surface area contributed by atoms with Crippen molar-refractivity contribution in [2.24, 2.45) is 0 Å². The van der Waals surface area contributed by atoms with E-state index in [1.165, 1.54) is 41.3 Å². The molecule has 2 aromatic carbocycles. The van der Waals surface area contributed by atoms with Crippen LogP contribution in [0.5, 0.6) is 0 Å². The summed E-state index contributed by atoms with van der Waals surface area (Å²) >= 11 is 5.73. The summed E-state index contributed by atoms with van der Waals surface area (Å²) in [5, 5.41) is 2.35. The summed E-state index contributed by atoms with van der Waals surface area (Å²) < 4.78 is 14.0. The number of nitrogens with zero attached hydrogens (tertiary/aromatic N) is 1. The van der Waals surface area contributed by atoms with Gasteiger partial charge in [-0.25, -0.2) is 4.39 Å². The molecule has 1 heterocycles. The highest BCUT2D eigenvalue weighted by Crippen LogP contribution is 2.31. The minimum absolute atomic E-state index is 0.0516. The van der Waals surface area contributed by atoms with Crippen LogP contribution in [0.15, 0.2) is 36.4 Å². The third kappa shape index (κ3) is 3.18. The first-order chi connectivity index (χ1) is 13.5. The van der Waals surface area contributed by atoms with E-state index in [4.69, 9.17) is 11.6 Å². The van der Waals surface area contributed by atoms with Crippen LogP contribution in [0, 0.1) is 5.82 Å². The van der Waals surface area contributed by atoms with Crippen LogP contribution in [0.4, 0.5) is 10.1 Å². The van der Waals surface area contributed by atoms with Crippen molar-refractivity contribution >= 4 is 35.0 Å². The molecule has 28 heavy (non-hydrogen) atoms. The van der Waals surface area contributed by atoms with Crippen molar-refractivity contribution in [3.63, 3.8) is 0 Å². The first-order valence-corrected chi connectivity index (χ1v) is 9.62. The molecule has 5 nitrogen and oxygen atoms in total. The number of halogens is 2. The first kappa shape index (κ1) is 18.6. The zero-order chi connectivity index (χ0) is 19.8. The number of nitrogens with one attached hydrogen (secondary N) is 1. The predicted octanol–water partition coefficient (Wildman–Crippen LogP) is 4.66. The molecular weight excluding hydrogens is 383 g/mol. The number of fused-ring (bicyclic) bond motifs is 1. The third-order valence-corrected chi connectivity index (χ3v) is 5.61. The van der Waals surface area contributed by atoms with E-state index in [0.29, 0.717) is 5.56 Å². The number of imide groups is 1. The smallest absolute Gasteiger partial charge is 0.261 e. The molecule has 0 spiro atoms. The monoisotopic (exact) mass is 400 g/mol. The lowest BCUT2D eigenvalue weighted by Crippen LogP contribution is -2.40. The zero-order valence-electron chi connectivity index (χ0n) is 15.0. The Balaban J connectivity index is 1.59. The lowest BCUT2D eigenvalue weighted by Gasteiger charge is -2.29. The van der Waals surface area contributed by atoms with Gasteiger partial charge in [0.15, 0.2) is 5.82 Å². The zero-order valence-corrected chi connectivity index (χ0v) is 15.8. The Morgan fingerprint density at radius 1 is 1.04 bits per heavy atom. The molecule has 0 radical (unpaired) electrons. The van der Waals surface area contributed by atoms with Crippen molar-refractivity contribution in [1.82, 2.24) is 4.90 Å². The number of rotatable bonds is 3. The van der Waals surface area contributed by atoms with Gasteiger partial charge >= 0.3 is 0 Å². The van der Waals surface area contributed by atoms with Crippen molar-refractivity contribution in [3.05, 3.63) is 63.9 Å². The van der Waals surface area contributed by atoms with E-state index in [9.17, 15) is 18.8 Å². The molecule has 0 saturated heterocycles. The molecule has 1 saturated carbocycles. The minimum Gasteiger partial charge on any atom is -0.319 e. The SMILES string of the molecule is O=C(Nc1cccc(Cl)c1F)c1ccc2c(c1)C(=O)N(C1CCCCC1)C2=O. The van der Waals surface area contributed by atoms with E-state index in [1.54, 1.807) is 0 Å². The van der Waals surface area contributed by atoms with Crippen molar-refractivity contribution in [3.8, 4) is 0 Å². The van der Waals surface area contributed by atoms with Crippen molar-refractivity contribution < 1.29 is 18.8 Å². The van der Waals surface area contributed by atoms with Crippen LogP contribution in [0.1, 0.15) is 63.2 Å². The fourth-order valence-corrected chi connectivity index (χ4v) is 4.04. The maximum atomic E-state index is 14.0. The Bertz CT molecular complexity index is 986. The van der Waals surface area contributed by atoms with Crippen LogP contribution in [0.25, 0.3) is 0 Å². The molecule has 0 aromatic heterocycles. The molecule has 2 aliphatic rings. The molecule has 1 fully saturated rings. The van der Waals surface area contributed by atoms with Gasteiger partial charge in [-0.3, -0.25) is 19.3 Å². The topological polar surface area (TPSA) is 66.5 Å². The second-order valence-corrected chi connectivity index (χ2v) is 7.50. The lowest BCUT2D eigenvalue weighted by molar-refractivity contribution is 0.0549. The average molecular weight is 401 g/mol. The molecule has 2 aromatic rings. The highest BCUT2D eigenvalue weighted by Gasteiger charge is 2.40. The van der Waals surface area contributed by atoms with E-state index >= 15 is 0 Å². The van der Waals surface area contributed by atoms with Crippen molar-refractivity contribution in [2.75, 3.05) is 5.32 Å². The van der Waals surface area contributed by atoms with Gasteiger partial charge in [0.05, 0.1) is 21.8 Å². The Labute approximate surface area is 166 Å². The van der Waals surface area contributed by atoms with Crippen LogP contribution in [-0.4, -0.2) is 28.7 Å². The second kappa shape index (κ2) is 7.36. The summed E-state index contributed by atoms with van der Waals surface area (Å²) in [5.74, 6) is -1.98. The van der Waals surface area contributed by atoms with Crippen molar-refractivity contribution in [1.29, 1.82) is 0 Å². The maximum absolute atomic E-state index is 14.0. The van der Waals surface area contributed by atoms with Gasteiger partial charge in [-0.15, -0.1) is 0 Å². The molecule has 144 valence electrons. The van der Waals surface area contributed by atoms with Crippen LogP contribution < -0.4 is 5.32 Å². The maximum Gasteiger partial charge on any atom is 0.261 e. The van der Waals surface area contributed by atoms with Gasteiger partial charge < -0.3 is 5.32 Å². The second-order valence-electron chi connectivity index (χ2n) is 7.09. The van der Waals surface area contributed by atoms with Crippen LogP contribution >= 0.6 is 11.6 Å². The fourth-order valence-electron chi connectivity index (χ4n) is 3.87. The Morgan fingerprint density at radius 2 is 1.75 bits per heavy atom. The van der Waals surface area contributed by atoms with Gasteiger partial charge in [0.1, 0.15) is 0 Å². The van der Waals surface area contributed by atoms with E-state index < -0.39 is 11.7 Å². The number of hydrogen-bond acceptors (Lipinski definition) is 3. The summed E-state index contributed by atoms with van der Waals surface area (Å²) in [5.41, 5.74) is 0.643. The van der Waals surface area contributed by atoms with Gasteiger partial charge in [0.25, 0.3) is 17.7 Å². The Hall–Kier alpha value is -2.73. The van der Waals surface area contributed by atoms with Crippen LogP contribution in [0.3, 0.4) is 0 Å². The van der Waals surface area contributed by atoms with Gasteiger partial charge in [0, 0.05) is 11.6 Å². The van der Waals surface area contributed by atoms with Gasteiger partial charge in [-0.2, -0.15) is 0 Å². The molecule has 7 heteroatoms. The summed E-state index contributed by atoms with van der Waals surface area (Å²) in [7, 11) is 0. The molecule has 3 amide bonds. The van der Waals surface area contributed by atoms with Gasteiger partial charge in [0.2, 0.25) is 0 Å². The predicted molar refractivity (Wildman–Crippen MR) is 103 cm³/mol. The molecule has 1 aliphatic carbocycles. The highest BCUT2D eigenvalue weighted by atomic mass is 35.5. The van der Waals surface area contributed by atoms with E-state index in [2.05, 4.69) is 5.32 Å². The molecule has 0 bridgehead atoms. The van der Waals surface area contributed by atoms with Gasteiger partial charge in [-0.1, -0.05) is 36.9 Å². The Morgan fingerprint density at radius 3 is 2.50 bits per heavy atom. The number of amides is 3. The molecule has 1 aliphatic heterocycles. The number of carbonyl (C=O) groups excluding carboxylic acids is 3. The third-order valence-electron chi connectivity index (χ3n) is 5.32. The lowest BCUT2D eigenvalue weighted by atomic mass is 9.94. The number of carbonyl (C=O) groups is 3. The van der Waals surface area contributed by atoms with Crippen LogP contribution in [-0.2, 0) is 0 Å². The summed E-state index contributed by atoms with van der Waals surface area (Å²) in [6.07, 6.45) is 4.73. The molecule has 1 N–H and O–H groups in total. The minimum atomic E-state index is -0.728. The largest absolute Gasteiger partial charge is 0.319 e. The molecule has 0 atom stereocenters. The molecular formula is C21H18ClFN2O3. The molecule has 4 rings (SSSR count). The number of hydrogen-bond donors (Lipinski definition) is 1. The number of anilines is 1. The summed E-state index contributed by atoms with van der Waals surface area (Å²) in [6.45, 7) is 0. The molecule has 0 unspecified atom stereocenters. The fraction of sp³-hybridized carbons (Fsp3) is 0.286. The van der Waals surface area contributed by atoms with Crippen molar-refractivity contribution in [2.45, 2.75) is 38.1 Å². The van der Waals surface area contributed by atoms with Gasteiger partial charge in [-0.05, 0) is 43.2 Å². The number of benzene rings is 2.